The third kappa shape index (κ3) is 4.37. The Labute approximate surface area is 155 Å². The molecule has 23 heavy (non-hydrogen) atoms. The minimum atomic E-state index is 0. The summed E-state index contributed by atoms with van der Waals surface area (Å²) in [7, 11) is 0. The van der Waals surface area contributed by atoms with Gasteiger partial charge in [-0.3, -0.25) is 0 Å². The number of nitrogens with zero attached hydrogens (tertiary/aromatic N) is 3. The van der Waals surface area contributed by atoms with E-state index in [0.717, 1.165) is 56.7 Å². The first-order valence-electron chi connectivity index (χ1n) is 8.30. The minimum absolute atomic E-state index is 0. The molecule has 130 valence electrons. The summed E-state index contributed by atoms with van der Waals surface area (Å²) in [4.78, 5) is 7.08. The van der Waals surface area contributed by atoms with Gasteiger partial charge in [0.15, 0.2) is 11.7 Å². The number of nitrogens with one attached hydrogen (secondary N) is 1. The van der Waals surface area contributed by atoms with Crippen molar-refractivity contribution in [3.8, 4) is 0 Å². The average molecular weight is 434 g/mol. The number of aryl methyl sites for hydroxylation is 1. The van der Waals surface area contributed by atoms with Gasteiger partial charge in [0.05, 0.1) is 12.3 Å². The number of aromatic nitrogens is 1. The summed E-state index contributed by atoms with van der Waals surface area (Å²) in [6, 6.07) is 1.99. The number of guanidine groups is 1. The summed E-state index contributed by atoms with van der Waals surface area (Å²) < 4.78 is 10.9. The number of aliphatic imine (C=N–C) groups is 1. The van der Waals surface area contributed by atoms with Crippen molar-refractivity contribution < 1.29 is 9.26 Å². The lowest BCUT2D eigenvalue weighted by Gasteiger charge is -2.24. The van der Waals surface area contributed by atoms with E-state index in [4.69, 9.17) is 14.3 Å². The second kappa shape index (κ2) is 8.32. The lowest BCUT2D eigenvalue weighted by molar-refractivity contribution is 0.156. The van der Waals surface area contributed by atoms with E-state index < -0.39 is 0 Å². The van der Waals surface area contributed by atoms with E-state index in [-0.39, 0.29) is 24.0 Å². The number of likely N-dealkylation sites (tertiary alicyclic amines) is 1. The second-order valence-electron chi connectivity index (χ2n) is 6.28. The van der Waals surface area contributed by atoms with Crippen LogP contribution < -0.4 is 5.32 Å². The standard InChI is InChI=1S/C16H26N4O2.HI/c1-3-13-9-14(22-19-13)10-18-15(17-4-2)20-7-5-16(11-20)6-8-21-12-16;/h9H,3-8,10-12H2,1-2H3,(H,17,18);1H. The normalized spacial score (nSPS) is 24.3. The Balaban J connectivity index is 0.00000192. The van der Waals surface area contributed by atoms with Gasteiger partial charge in [0.2, 0.25) is 0 Å². The van der Waals surface area contributed by atoms with Gasteiger partial charge in [0.25, 0.3) is 0 Å². The summed E-state index contributed by atoms with van der Waals surface area (Å²) >= 11 is 0. The largest absolute Gasteiger partial charge is 0.381 e. The van der Waals surface area contributed by atoms with Crippen LogP contribution in [0.5, 0.6) is 0 Å². The topological polar surface area (TPSA) is 62.9 Å². The molecule has 6 nitrogen and oxygen atoms in total. The highest BCUT2D eigenvalue weighted by Crippen LogP contribution is 2.38. The summed E-state index contributed by atoms with van der Waals surface area (Å²) in [6.45, 7) is 9.46. The molecule has 0 saturated carbocycles. The van der Waals surface area contributed by atoms with Gasteiger partial charge in [-0.2, -0.15) is 0 Å². The molecule has 1 aromatic heterocycles. The fraction of sp³-hybridized carbons (Fsp3) is 0.750. The van der Waals surface area contributed by atoms with Crippen molar-refractivity contribution in [1.29, 1.82) is 0 Å². The Kier molecular flexibility index (Phi) is 6.70. The van der Waals surface area contributed by atoms with Crippen LogP contribution in [-0.4, -0.2) is 48.9 Å². The van der Waals surface area contributed by atoms with Gasteiger partial charge < -0.3 is 19.5 Å². The lowest BCUT2D eigenvalue weighted by Crippen LogP contribution is -2.41. The van der Waals surface area contributed by atoms with Crippen LogP contribution in [0.2, 0.25) is 0 Å². The highest BCUT2D eigenvalue weighted by Gasteiger charge is 2.42. The first kappa shape index (κ1) is 18.5. The highest BCUT2D eigenvalue weighted by atomic mass is 127. The third-order valence-corrected chi connectivity index (χ3v) is 4.61. The molecule has 0 radical (unpaired) electrons. The van der Waals surface area contributed by atoms with Gasteiger partial charge in [-0.15, -0.1) is 24.0 Å². The van der Waals surface area contributed by atoms with Crippen molar-refractivity contribution in [1.82, 2.24) is 15.4 Å². The molecule has 2 aliphatic rings. The molecule has 7 heteroatoms. The van der Waals surface area contributed by atoms with E-state index >= 15 is 0 Å². The van der Waals surface area contributed by atoms with Gasteiger partial charge in [-0.1, -0.05) is 12.1 Å². The summed E-state index contributed by atoms with van der Waals surface area (Å²) in [5, 5.41) is 7.41. The van der Waals surface area contributed by atoms with E-state index in [0.29, 0.717) is 12.0 Å². The lowest BCUT2D eigenvalue weighted by atomic mass is 9.87. The number of ether oxygens (including phenoxy) is 1. The first-order chi connectivity index (χ1) is 10.7. The van der Waals surface area contributed by atoms with Crippen LogP contribution in [0.3, 0.4) is 0 Å². The average Bonchev–Trinajstić information content (AvgIpc) is 3.26. The van der Waals surface area contributed by atoms with Crippen molar-refractivity contribution in [2.45, 2.75) is 39.7 Å². The SMILES string of the molecule is CCNC(=NCc1cc(CC)no1)N1CCC2(CCOC2)C1.I. The van der Waals surface area contributed by atoms with Crippen LogP contribution in [0.15, 0.2) is 15.6 Å². The maximum Gasteiger partial charge on any atom is 0.194 e. The van der Waals surface area contributed by atoms with Crippen molar-refractivity contribution in [3.63, 3.8) is 0 Å². The molecule has 1 N–H and O–H groups in total. The summed E-state index contributed by atoms with van der Waals surface area (Å²) in [5.74, 6) is 1.80. The molecule has 3 heterocycles. The molecular weight excluding hydrogens is 407 g/mol. The quantitative estimate of drug-likeness (QED) is 0.448. The summed E-state index contributed by atoms with van der Waals surface area (Å²) in [5.41, 5.74) is 1.33. The smallest absolute Gasteiger partial charge is 0.194 e. The molecule has 0 aliphatic carbocycles. The Morgan fingerprint density at radius 3 is 2.96 bits per heavy atom. The minimum Gasteiger partial charge on any atom is -0.381 e. The molecular formula is C16H27IN4O2. The number of hydrogen-bond acceptors (Lipinski definition) is 4. The molecule has 2 saturated heterocycles. The predicted molar refractivity (Wildman–Crippen MR) is 100 cm³/mol. The van der Waals surface area contributed by atoms with Crippen LogP contribution in [0.25, 0.3) is 0 Å². The van der Waals surface area contributed by atoms with Crippen LogP contribution >= 0.6 is 24.0 Å². The van der Waals surface area contributed by atoms with Crippen molar-refractivity contribution in [2.24, 2.45) is 10.4 Å². The molecule has 3 rings (SSSR count). The van der Waals surface area contributed by atoms with Crippen molar-refractivity contribution in [2.75, 3.05) is 32.8 Å². The zero-order valence-electron chi connectivity index (χ0n) is 14.0. The number of halogens is 1. The van der Waals surface area contributed by atoms with Crippen LogP contribution in [0.1, 0.15) is 38.1 Å². The molecule has 2 aliphatic heterocycles. The van der Waals surface area contributed by atoms with Gasteiger partial charge in [0, 0.05) is 37.7 Å². The maximum absolute atomic E-state index is 5.60. The maximum atomic E-state index is 5.60. The van der Waals surface area contributed by atoms with Crippen molar-refractivity contribution >= 4 is 29.9 Å². The molecule has 2 fully saturated rings. The van der Waals surface area contributed by atoms with Crippen LogP contribution in [0.4, 0.5) is 0 Å². The molecule has 0 bridgehead atoms. The van der Waals surface area contributed by atoms with E-state index in [9.17, 15) is 0 Å². The molecule has 0 aromatic carbocycles. The van der Waals surface area contributed by atoms with Gasteiger partial charge >= 0.3 is 0 Å². The van der Waals surface area contributed by atoms with Gasteiger partial charge in [0.1, 0.15) is 6.54 Å². The molecule has 1 spiro atoms. The second-order valence-corrected chi connectivity index (χ2v) is 6.28. The summed E-state index contributed by atoms with van der Waals surface area (Å²) in [6.07, 6.45) is 3.26. The molecule has 1 aromatic rings. The zero-order chi connectivity index (χ0) is 15.4. The van der Waals surface area contributed by atoms with E-state index in [1.807, 2.05) is 6.07 Å². The van der Waals surface area contributed by atoms with Crippen LogP contribution in [0, 0.1) is 5.41 Å². The van der Waals surface area contributed by atoms with E-state index in [2.05, 4.69) is 29.2 Å². The number of hydrogen-bond donors (Lipinski definition) is 1. The zero-order valence-corrected chi connectivity index (χ0v) is 16.3. The van der Waals surface area contributed by atoms with E-state index in [1.54, 1.807) is 0 Å². The van der Waals surface area contributed by atoms with E-state index in [1.165, 1.54) is 12.8 Å². The molecule has 1 atom stereocenters. The third-order valence-electron chi connectivity index (χ3n) is 4.61. The highest BCUT2D eigenvalue weighted by molar-refractivity contribution is 14.0. The van der Waals surface area contributed by atoms with Gasteiger partial charge in [-0.05, 0) is 26.2 Å². The first-order valence-corrected chi connectivity index (χ1v) is 8.30. The molecule has 1 unspecified atom stereocenters. The Morgan fingerprint density at radius 1 is 1.43 bits per heavy atom. The Bertz CT molecular complexity index is 526. The fourth-order valence-corrected chi connectivity index (χ4v) is 3.26. The fourth-order valence-electron chi connectivity index (χ4n) is 3.26. The predicted octanol–water partition coefficient (Wildman–Crippen LogP) is 2.43. The Hall–Kier alpha value is -0.830. The Morgan fingerprint density at radius 2 is 2.30 bits per heavy atom. The van der Waals surface area contributed by atoms with Gasteiger partial charge in [-0.25, -0.2) is 4.99 Å². The monoisotopic (exact) mass is 434 g/mol. The van der Waals surface area contributed by atoms with Crippen LogP contribution in [-0.2, 0) is 17.7 Å². The molecule has 0 amide bonds. The number of rotatable bonds is 4. The van der Waals surface area contributed by atoms with Crippen molar-refractivity contribution in [3.05, 3.63) is 17.5 Å².